The minimum absolute atomic E-state index is 0.0228. The van der Waals surface area contributed by atoms with Gasteiger partial charge in [-0.15, -0.1) is 0 Å². The van der Waals surface area contributed by atoms with Gasteiger partial charge in [-0.3, -0.25) is 4.79 Å². The molecule has 1 fully saturated rings. The predicted octanol–water partition coefficient (Wildman–Crippen LogP) is -0.422. The van der Waals surface area contributed by atoms with Crippen LogP contribution < -0.4 is 5.32 Å². The Morgan fingerprint density at radius 1 is 1.77 bits per heavy atom. The second kappa shape index (κ2) is 4.58. The van der Waals surface area contributed by atoms with E-state index in [0.717, 1.165) is 19.4 Å². The number of hydrogen-bond donors (Lipinski definition) is 2. The van der Waals surface area contributed by atoms with E-state index in [1.54, 1.807) is 11.9 Å². The van der Waals surface area contributed by atoms with Gasteiger partial charge in [-0.05, 0) is 26.3 Å². The maximum absolute atomic E-state index is 11.7. The zero-order valence-electron chi connectivity index (χ0n) is 8.29. The predicted molar refractivity (Wildman–Crippen MR) is 50.3 cm³/mol. The molecule has 0 saturated carbocycles. The molecule has 1 saturated heterocycles. The monoisotopic (exact) mass is 186 g/mol. The van der Waals surface area contributed by atoms with Crippen molar-refractivity contribution in [2.45, 2.75) is 31.8 Å². The van der Waals surface area contributed by atoms with E-state index in [1.807, 2.05) is 6.92 Å². The molecule has 4 nitrogen and oxygen atoms in total. The first-order chi connectivity index (χ1) is 6.16. The van der Waals surface area contributed by atoms with Gasteiger partial charge in [0.05, 0.1) is 18.7 Å². The number of nitrogens with one attached hydrogen (secondary N) is 1. The van der Waals surface area contributed by atoms with Gasteiger partial charge in [0, 0.05) is 7.05 Å². The highest BCUT2D eigenvalue weighted by Gasteiger charge is 2.26. The molecule has 1 unspecified atom stereocenters. The zero-order chi connectivity index (χ0) is 9.84. The highest BCUT2D eigenvalue weighted by Crippen LogP contribution is 2.09. The van der Waals surface area contributed by atoms with Crippen LogP contribution in [-0.4, -0.2) is 48.2 Å². The van der Waals surface area contributed by atoms with Gasteiger partial charge < -0.3 is 15.3 Å². The van der Waals surface area contributed by atoms with Crippen LogP contribution in [0.1, 0.15) is 19.8 Å². The molecule has 0 aromatic carbocycles. The van der Waals surface area contributed by atoms with Crippen molar-refractivity contribution in [3.05, 3.63) is 0 Å². The first kappa shape index (κ1) is 10.5. The smallest absolute Gasteiger partial charge is 0.239 e. The summed E-state index contributed by atoms with van der Waals surface area (Å²) >= 11 is 0. The maximum atomic E-state index is 11.7. The number of carbonyl (C=O) groups is 1. The number of amides is 1. The fraction of sp³-hybridized carbons (Fsp3) is 0.889. The second-order valence-electron chi connectivity index (χ2n) is 3.63. The van der Waals surface area contributed by atoms with Crippen LogP contribution >= 0.6 is 0 Å². The van der Waals surface area contributed by atoms with Gasteiger partial charge in [-0.2, -0.15) is 0 Å². The first-order valence-electron chi connectivity index (χ1n) is 4.77. The lowest BCUT2D eigenvalue weighted by molar-refractivity contribution is -0.134. The maximum Gasteiger partial charge on any atom is 0.239 e. The normalized spacial score (nSPS) is 24.4. The fourth-order valence-electron chi connectivity index (χ4n) is 1.48. The Morgan fingerprint density at radius 3 is 2.92 bits per heavy atom. The summed E-state index contributed by atoms with van der Waals surface area (Å²) < 4.78 is 0. The average molecular weight is 186 g/mol. The van der Waals surface area contributed by atoms with Gasteiger partial charge in [0.25, 0.3) is 0 Å². The molecular formula is C9H18N2O2. The molecule has 1 aliphatic rings. The van der Waals surface area contributed by atoms with E-state index in [9.17, 15) is 4.79 Å². The van der Waals surface area contributed by atoms with Crippen LogP contribution in [0.4, 0.5) is 0 Å². The quantitative estimate of drug-likeness (QED) is 0.629. The number of carbonyl (C=O) groups excluding carboxylic acids is 1. The van der Waals surface area contributed by atoms with Gasteiger partial charge >= 0.3 is 0 Å². The lowest BCUT2D eigenvalue weighted by Crippen LogP contribution is -2.46. The van der Waals surface area contributed by atoms with Crippen LogP contribution in [0.2, 0.25) is 0 Å². The molecule has 0 aromatic heterocycles. The van der Waals surface area contributed by atoms with Crippen LogP contribution in [-0.2, 0) is 4.79 Å². The van der Waals surface area contributed by atoms with Crippen molar-refractivity contribution >= 4 is 5.91 Å². The topological polar surface area (TPSA) is 52.6 Å². The van der Waals surface area contributed by atoms with E-state index in [4.69, 9.17) is 5.11 Å². The fourth-order valence-corrected chi connectivity index (χ4v) is 1.48. The van der Waals surface area contributed by atoms with Crippen LogP contribution in [0, 0.1) is 0 Å². The van der Waals surface area contributed by atoms with Crippen molar-refractivity contribution in [2.75, 3.05) is 20.2 Å². The van der Waals surface area contributed by atoms with E-state index in [1.165, 1.54) is 0 Å². The molecule has 1 rings (SSSR count). The molecule has 1 heterocycles. The lowest BCUT2D eigenvalue weighted by Gasteiger charge is -2.26. The molecule has 0 radical (unpaired) electrons. The summed E-state index contributed by atoms with van der Waals surface area (Å²) in [5.41, 5.74) is 0. The molecule has 1 amide bonds. The number of aliphatic hydroxyl groups excluding tert-OH is 1. The van der Waals surface area contributed by atoms with Crippen LogP contribution in [0.15, 0.2) is 0 Å². The van der Waals surface area contributed by atoms with Gasteiger partial charge in [0.15, 0.2) is 0 Å². The van der Waals surface area contributed by atoms with E-state index in [2.05, 4.69) is 5.32 Å². The third-order valence-corrected chi connectivity index (χ3v) is 2.63. The largest absolute Gasteiger partial charge is 0.394 e. The zero-order valence-corrected chi connectivity index (χ0v) is 8.29. The summed E-state index contributed by atoms with van der Waals surface area (Å²) in [6, 6.07) is -0.117. The Morgan fingerprint density at radius 2 is 2.46 bits per heavy atom. The highest BCUT2D eigenvalue weighted by atomic mass is 16.3. The number of likely N-dealkylation sites (N-methyl/N-ethyl adjacent to an activating group) is 1. The average Bonchev–Trinajstić information content (AvgIpc) is 2.67. The van der Waals surface area contributed by atoms with Crippen molar-refractivity contribution in [1.29, 1.82) is 0 Å². The lowest BCUT2D eigenvalue weighted by atomic mass is 10.2. The molecule has 0 aromatic rings. The minimum Gasteiger partial charge on any atom is -0.394 e. The Labute approximate surface area is 78.9 Å². The summed E-state index contributed by atoms with van der Waals surface area (Å²) in [7, 11) is 1.74. The molecule has 13 heavy (non-hydrogen) atoms. The summed E-state index contributed by atoms with van der Waals surface area (Å²) in [4.78, 5) is 13.3. The van der Waals surface area contributed by atoms with E-state index in [-0.39, 0.29) is 24.6 Å². The van der Waals surface area contributed by atoms with Gasteiger partial charge in [0.1, 0.15) is 0 Å². The SMILES string of the molecule is CC(CO)N(C)C(=O)[C@H]1CCCN1. The van der Waals surface area contributed by atoms with Crippen LogP contribution in [0.25, 0.3) is 0 Å². The number of rotatable bonds is 3. The van der Waals surface area contributed by atoms with Crippen molar-refractivity contribution < 1.29 is 9.90 Å². The highest BCUT2D eigenvalue weighted by molar-refractivity contribution is 5.82. The van der Waals surface area contributed by atoms with E-state index < -0.39 is 0 Å². The standard InChI is InChI=1S/C9H18N2O2/c1-7(6-12)11(2)9(13)8-4-3-5-10-8/h7-8,10,12H,3-6H2,1-2H3/t7?,8-/m1/s1. The van der Waals surface area contributed by atoms with Crippen molar-refractivity contribution in [1.82, 2.24) is 10.2 Å². The molecule has 0 spiro atoms. The Balaban J connectivity index is 2.45. The number of nitrogens with zero attached hydrogens (tertiary/aromatic N) is 1. The summed E-state index contributed by atoms with van der Waals surface area (Å²) in [5.74, 6) is 0.0963. The van der Waals surface area contributed by atoms with Crippen molar-refractivity contribution in [3.8, 4) is 0 Å². The molecule has 2 atom stereocenters. The molecule has 4 heteroatoms. The summed E-state index contributed by atoms with van der Waals surface area (Å²) in [6.45, 7) is 2.79. The third kappa shape index (κ3) is 2.42. The first-order valence-corrected chi connectivity index (χ1v) is 4.77. The summed E-state index contributed by atoms with van der Waals surface area (Å²) in [5, 5.41) is 12.0. The van der Waals surface area contributed by atoms with Gasteiger partial charge in [-0.25, -0.2) is 0 Å². The Kier molecular flexibility index (Phi) is 3.69. The third-order valence-electron chi connectivity index (χ3n) is 2.63. The molecule has 0 bridgehead atoms. The minimum atomic E-state index is -0.0881. The van der Waals surface area contributed by atoms with Gasteiger partial charge in [0.2, 0.25) is 5.91 Å². The second-order valence-corrected chi connectivity index (χ2v) is 3.63. The van der Waals surface area contributed by atoms with Crippen LogP contribution in [0.3, 0.4) is 0 Å². The summed E-state index contributed by atoms with van der Waals surface area (Å²) in [6.07, 6.45) is 1.99. The Bertz CT molecular complexity index is 178. The van der Waals surface area contributed by atoms with E-state index >= 15 is 0 Å². The van der Waals surface area contributed by atoms with Crippen molar-refractivity contribution in [2.24, 2.45) is 0 Å². The Hall–Kier alpha value is -0.610. The van der Waals surface area contributed by atoms with Crippen LogP contribution in [0.5, 0.6) is 0 Å². The molecule has 76 valence electrons. The molecule has 0 aliphatic carbocycles. The molecule has 1 aliphatic heterocycles. The van der Waals surface area contributed by atoms with E-state index in [0.29, 0.717) is 0 Å². The van der Waals surface area contributed by atoms with Gasteiger partial charge in [-0.1, -0.05) is 0 Å². The number of aliphatic hydroxyl groups is 1. The molecule has 2 N–H and O–H groups in total. The van der Waals surface area contributed by atoms with Crippen molar-refractivity contribution in [3.63, 3.8) is 0 Å². The molecular weight excluding hydrogens is 168 g/mol. The number of hydrogen-bond acceptors (Lipinski definition) is 3.